The number of allylic oxidation sites excluding steroid dienone is 1. The van der Waals surface area contributed by atoms with Gasteiger partial charge in [-0.25, -0.2) is 0 Å². The molecule has 0 aliphatic carbocycles. The fourth-order valence-corrected chi connectivity index (χ4v) is 0.874. The predicted molar refractivity (Wildman–Crippen MR) is 42.6 cm³/mol. The highest BCUT2D eigenvalue weighted by Gasteiger charge is 2.03. The second-order valence-electron chi connectivity index (χ2n) is 2.28. The molecule has 0 N–H and O–H groups in total. The van der Waals surface area contributed by atoms with E-state index in [1.165, 1.54) is 5.57 Å². The lowest BCUT2D eigenvalue weighted by Crippen LogP contribution is -1.81. The standard InChI is InChI=1S/C8H13NO/c1-2-9-5-3-8-4-6-10-7-8/h3,5H,2,4,6-7H2,1H3/b8-3-,9-5-. The van der Waals surface area contributed by atoms with Crippen molar-refractivity contribution in [2.24, 2.45) is 4.99 Å². The molecule has 0 aromatic heterocycles. The molecule has 0 aromatic rings. The first-order valence-corrected chi connectivity index (χ1v) is 3.69. The van der Waals surface area contributed by atoms with Crippen molar-refractivity contribution in [3.05, 3.63) is 11.6 Å². The highest BCUT2D eigenvalue weighted by atomic mass is 16.5. The van der Waals surface area contributed by atoms with E-state index in [0.29, 0.717) is 0 Å². The molecule has 2 nitrogen and oxygen atoms in total. The fraction of sp³-hybridized carbons (Fsp3) is 0.625. The summed E-state index contributed by atoms with van der Waals surface area (Å²) in [6, 6.07) is 0. The molecular formula is C8H13NO. The minimum absolute atomic E-state index is 0.801. The van der Waals surface area contributed by atoms with Crippen molar-refractivity contribution in [3.63, 3.8) is 0 Å². The molecule has 10 heavy (non-hydrogen) atoms. The van der Waals surface area contributed by atoms with Gasteiger partial charge >= 0.3 is 0 Å². The third-order valence-corrected chi connectivity index (χ3v) is 1.45. The maximum Gasteiger partial charge on any atom is 0.0681 e. The van der Waals surface area contributed by atoms with E-state index in [1.807, 2.05) is 13.1 Å². The Hall–Kier alpha value is -0.630. The molecule has 0 unspecified atom stereocenters. The third-order valence-electron chi connectivity index (χ3n) is 1.45. The molecule has 1 heterocycles. The lowest BCUT2D eigenvalue weighted by atomic mass is 10.2. The van der Waals surface area contributed by atoms with Gasteiger partial charge in [-0.05, 0) is 25.0 Å². The van der Waals surface area contributed by atoms with Crippen molar-refractivity contribution in [1.82, 2.24) is 0 Å². The molecule has 2 heteroatoms. The summed E-state index contributed by atoms with van der Waals surface area (Å²) in [6.07, 6.45) is 5.00. The van der Waals surface area contributed by atoms with Gasteiger partial charge in [0.1, 0.15) is 0 Å². The normalized spacial score (nSPS) is 23.1. The van der Waals surface area contributed by atoms with E-state index >= 15 is 0 Å². The van der Waals surface area contributed by atoms with Crippen molar-refractivity contribution < 1.29 is 4.74 Å². The van der Waals surface area contributed by atoms with E-state index in [1.54, 1.807) is 0 Å². The van der Waals surface area contributed by atoms with E-state index in [4.69, 9.17) is 4.74 Å². The van der Waals surface area contributed by atoms with Crippen LogP contribution < -0.4 is 0 Å². The van der Waals surface area contributed by atoms with E-state index in [9.17, 15) is 0 Å². The highest BCUT2D eigenvalue weighted by Crippen LogP contribution is 2.08. The minimum Gasteiger partial charge on any atom is -0.377 e. The largest absolute Gasteiger partial charge is 0.377 e. The molecule has 0 saturated carbocycles. The van der Waals surface area contributed by atoms with Crippen LogP contribution in [0.25, 0.3) is 0 Å². The Kier molecular flexibility index (Phi) is 3.16. The van der Waals surface area contributed by atoms with E-state index in [-0.39, 0.29) is 0 Å². The van der Waals surface area contributed by atoms with E-state index in [2.05, 4.69) is 11.1 Å². The second kappa shape index (κ2) is 4.23. The molecule has 0 atom stereocenters. The first kappa shape index (κ1) is 7.48. The van der Waals surface area contributed by atoms with Gasteiger partial charge in [-0.2, -0.15) is 0 Å². The third kappa shape index (κ3) is 2.31. The van der Waals surface area contributed by atoms with Gasteiger partial charge in [0.2, 0.25) is 0 Å². The first-order valence-electron chi connectivity index (χ1n) is 3.69. The van der Waals surface area contributed by atoms with Gasteiger partial charge in [0.25, 0.3) is 0 Å². The van der Waals surface area contributed by atoms with Crippen LogP contribution >= 0.6 is 0 Å². The van der Waals surface area contributed by atoms with Crippen molar-refractivity contribution in [2.75, 3.05) is 19.8 Å². The van der Waals surface area contributed by atoms with Gasteiger partial charge < -0.3 is 4.74 Å². The monoisotopic (exact) mass is 139 g/mol. The molecule has 1 saturated heterocycles. The summed E-state index contributed by atoms with van der Waals surface area (Å²) in [5.74, 6) is 0. The summed E-state index contributed by atoms with van der Waals surface area (Å²) in [7, 11) is 0. The molecule has 1 rings (SSSR count). The molecule has 0 radical (unpaired) electrons. The maximum absolute atomic E-state index is 5.16. The SMILES string of the molecule is CC/N=C\C=C1\CCOC1. The number of aliphatic imine (C=N–C) groups is 1. The van der Waals surface area contributed by atoms with Crippen LogP contribution in [-0.4, -0.2) is 26.0 Å². The zero-order valence-electron chi connectivity index (χ0n) is 6.34. The maximum atomic E-state index is 5.16. The van der Waals surface area contributed by atoms with Crippen LogP contribution in [0.15, 0.2) is 16.6 Å². The number of nitrogens with zero attached hydrogens (tertiary/aromatic N) is 1. The van der Waals surface area contributed by atoms with Crippen LogP contribution in [0.3, 0.4) is 0 Å². The van der Waals surface area contributed by atoms with Crippen molar-refractivity contribution in [1.29, 1.82) is 0 Å². The van der Waals surface area contributed by atoms with Crippen LogP contribution in [0.5, 0.6) is 0 Å². The van der Waals surface area contributed by atoms with Crippen LogP contribution in [0.4, 0.5) is 0 Å². The van der Waals surface area contributed by atoms with Crippen LogP contribution in [-0.2, 0) is 4.74 Å². The summed E-state index contributed by atoms with van der Waals surface area (Å²) >= 11 is 0. The Bertz CT molecular complexity index is 141. The Labute approximate surface area is 61.6 Å². The van der Waals surface area contributed by atoms with E-state index < -0.39 is 0 Å². The zero-order chi connectivity index (χ0) is 7.23. The lowest BCUT2D eigenvalue weighted by molar-refractivity contribution is 0.204. The molecule has 1 aliphatic heterocycles. The Morgan fingerprint density at radius 1 is 1.70 bits per heavy atom. The molecule has 0 amide bonds. The molecule has 0 spiro atoms. The highest BCUT2D eigenvalue weighted by molar-refractivity contribution is 5.72. The number of rotatable bonds is 2. The topological polar surface area (TPSA) is 21.6 Å². The molecule has 56 valence electrons. The van der Waals surface area contributed by atoms with Crippen molar-refractivity contribution in [2.45, 2.75) is 13.3 Å². The van der Waals surface area contributed by atoms with Gasteiger partial charge in [0.15, 0.2) is 0 Å². The number of ether oxygens (including phenoxy) is 1. The molecule has 1 fully saturated rings. The summed E-state index contributed by atoms with van der Waals surface area (Å²) in [6.45, 7) is 4.58. The Balaban J connectivity index is 2.31. The van der Waals surface area contributed by atoms with Crippen LogP contribution in [0, 0.1) is 0 Å². The van der Waals surface area contributed by atoms with Crippen LogP contribution in [0.1, 0.15) is 13.3 Å². The van der Waals surface area contributed by atoms with Crippen molar-refractivity contribution >= 4 is 6.21 Å². The van der Waals surface area contributed by atoms with Crippen molar-refractivity contribution in [3.8, 4) is 0 Å². The molecule has 1 aliphatic rings. The Morgan fingerprint density at radius 2 is 2.60 bits per heavy atom. The summed E-state index contributed by atoms with van der Waals surface area (Å²) in [5.41, 5.74) is 1.36. The average molecular weight is 139 g/mol. The molecule has 0 aromatic carbocycles. The molecular weight excluding hydrogens is 126 g/mol. The number of hydrogen-bond acceptors (Lipinski definition) is 2. The second-order valence-corrected chi connectivity index (χ2v) is 2.28. The molecule has 0 bridgehead atoms. The average Bonchev–Trinajstić information content (AvgIpc) is 2.41. The summed E-state index contributed by atoms with van der Waals surface area (Å²) < 4.78 is 5.16. The smallest absolute Gasteiger partial charge is 0.0681 e. The quantitative estimate of drug-likeness (QED) is 0.530. The van der Waals surface area contributed by atoms with Gasteiger partial charge in [-0.1, -0.05) is 0 Å². The minimum atomic E-state index is 0.801. The van der Waals surface area contributed by atoms with E-state index in [0.717, 1.165) is 26.2 Å². The van der Waals surface area contributed by atoms with Gasteiger partial charge in [-0.3, -0.25) is 4.99 Å². The Morgan fingerprint density at radius 3 is 3.20 bits per heavy atom. The summed E-state index contributed by atoms with van der Waals surface area (Å²) in [4.78, 5) is 4.08. The van der Waals surface area contributed by atoms with Crippen LogP contribution in [0.2, 0.25) is 0 Å². The fourth-order valence-electron chi connectivity index (χ4n) is 0.874. The van der Waals surface area contributed by atoms with Gasteiger partial charge in [0, 0.05) is 12.8 Å². The van der Waals surface area contributed by atoms with Gasteiger partial charge in [-0.15, -0.1) is 0 Å². The first-order chi connectivity index (χ1) is 4.93. The predicted octanol–water partition coefficient (Wildman–Crippen LogP) is 1.42. The lowest BCUT2D eigenvalue weighted by Gasteiger charge is -1.86. The summed E-state index contributed by atoms with van der Waals surface area (Å²) in [5, 5.41) is 0. The van der Waals surface area contributed by atoms with Gasteiger partial charge in [0.05, 0.1) is 13.2 Å². The number of hydrogen-bond donors (Lipinski definition) is 0. The zero-order valence-corrected chi connectivity index (χ0v) is 6.34.